The van der Waals surface area contributed by atoms with Crippen LogP contribution in [0.25, 0.3) is 0 Å². The second kappa shape index (κ2) is 4.39. The highest BCUT2D eigenvalue weighted by Crippen LogP contribution is 2.15. The molecule has 0 bridgehead atoms. The normalized spacial score (nSPS) is 10.4. The first kappa shape index (κ1) is 10.7. The van der Waals surface area contributed by atoms with Gasteiger partial charge in [-0.15, -0.1) is 0 Å². The number of nitrogens with one attached hydrogen (secondary N) is 1. The maximum atomic E-state index is 5.37. The Morgan fingerprint density at radius 1 is 1.19 bits per heavy atom. The standard InChI is InChI=1S/C13H16N2O/c1-9-6-7-16-13(9)8-14-12-5-4-10(2)15-11(12)3/h4-7,14H,8H2,1-3H3. The minimum Gasteiger partial charge on any atom is -0.467 e. The lowest BCUT2D eigenvalue weighted by Gasteiger charge is -2.08. The van der Waals surface area contributed by atoms with E-state index in [2.05, 4.69) is 16.4 Å². The quantitative estimate of drug-likeness (QED) is 0.856. The highest BCUT2D eigenvalue weighted by atomic mass is 16.3. The van der Waals surface area contributed by atoms with Crippen molar-refractivity contribution in [2.75, 3.05) is 5.32 Å². The molecule has 0 spiro atoms. The van der Waals surface area contributed by atoms with Gasteiger partial charge in [-0.05, 0) is 44.5 Å². The second-order valence-corrected chi connectivity index (χ2v) is 3.97. The molecule has 0 saturated heterocycles. The van der Waals surface area contributed by atoms with Gasteiger partial charge in [-0.3, -0.25) is 4.98 Å². The van der Waals surface area contributed by atoms with Crippen LogP contribution in [0.15, 0.2) is 28.9 Å². The van der Waals surface area contributed by atoms with Gasteiger partial charge in [-0.1, -0.05) is 0 Å². The molecule has 0 aliphatic rings. The van der Waals surface area contributed by atoms with Crippen molar-refractivity contribution in [2.24, 2.45) is 0 Å². The van der Waals surface area contributed by atoms with Crippen LogP contribution in [0, 0.1) is 20.8 Å². The molecule has 2 rings (SSSR count). The number of furan rings is 1. The molecule has 0 aliphatic carbocycles. The van der Waals surface area contributed by atoms with Crippen LogP contribution in [0.3, 0.4) is 0 Å². The highest BCUT2D eigenvalue weighted by Gasteiger charge is 2.03. The summed E-state index contributed by atoms with van der Waals surface area (Å²) in [4.78, 5) is 4.40. The Labute approximate surface area is 95.5 Å². The highest BCUT2D eigenvalue weighted by molar-refractivity contribution is 5.47. The summed E-state index contributed by atoms with van der Waals surface area (Å²) in [6.07, 6.45) is 1.71. The Balaban J connectivity index is 2.08. The third kappa shape index (κ3) is 2.24. The third-order valence-electron chi connectivity index (χ3n) is 2.63. The molecule has 0 radical (unpaired) electrons. The van der Waals surface area contributed by atoms with Crippen molar-refractivity contribution in [2.45, 2.75) is 27.3 Å². The molecular weight excluding hydrogens is 200 g/mol. The number of rotatable bonds is 3. The number of aromatic nitrogens is 1. The Hall–Kier alpha value is -1.77. The summed E-state index contributed by atoms with van der Waals surface area (Å²) in [6, 6.07) is 6.03. The Morgan fingerprint density at radius 3 is 2.62 bits per heavy atom. The lowest BCUT2D eigenvalue weighted by Crippen LogP contribution is -2.02. The molecule has 16 heavy (non-hydrogen) atoms. The molecule has 0 saturated carbocycles. The Kier molecular flexibility index (Phi) is 2.95. The van der Waals surface area contributed by atoms with Crippen molar-refractivity contribution >= 4 is 5.69 Å². The van der Waals surface area contributed by atoms with E-state index in [1.807, 2.05) is 32.9 Å². The van der Waals surface area contributed by atoms with Gasteiger partial charge in [0, 0.05) is 5.69 Å². The molecule has 0 atom stereocenters. The molecule has 0 fully saturated rings. The molecule has 0 unspecified atom stereocenters. The van der Waals surface area contributed by atoms with Gasteiger partial charge in [-0.25, -0.2) is 0 Å². The zero-order chi connectivity index (χ0) is 11.5. The summed E-state index contributed by atoms with van der Waals surface area (Å²) in [5.41, 5.74) is 4.29. The smallest absolute Gasteiger partial charge is 0.125 e. The van der Waals surface area contributed by atoms with E-state index in [0.29, 0.717) is 6.54 Å². The van der Waals surface area contributed by atoms with Crippen LogP contribution in [0.5, 0.6) is 0 Å². The summed E-state index contributed by atoms with van der Waals surface area (Å²) < 4.78 is 5.37. The van der Waals surface area contributed by atoms with Gasteiger partial charge in [0.05, 0.1) is 24.2 Å². The largest absolute Gasteiger partial charge is 0.467 e. The molecule has 3 nitrogen and oxygen atoms in total. The van der Waals surface area contributed by atoms with Crippen LogP contribution in [0.4, 0.5) is 5.69 Å². The minimum atomic E-state index is 0.699. The molecule has 1 N–H and O–H groups in total. The molecular formula is C13H16N2O. The van der Waals surface area contributed by atoms with E-state index in [9.17, 15) is 0 Å². The molecule has 3 heteroatoms. The fourth-order valence-corrected chi connectivity index (χ4v) is 1.63. The fraction of sp³-hybridized carbons (Fsp3) is 0.308. The predicted octanol–water partition coefficient (Wildman–Crippen LogP) is 3.21. The first-order chi connectivity index (χ1) is 7.66. The SMILES string of the molecule is Cc1ccc(NCc2occc2C)c(C)n1. The molecule has 2 heterocycles. The number of hydrogen-bond acceptors (Lipinski definition) is 3. The van der Waals surface area contributed by atoms with Crippen LogP contribution >= 0.6 is 0 Å². The summed E-state index contributed by atoms with van der Waals surface area (Å²) in [7, 11) is 0. The average Bonchev–Trinajstić information content (AvgIpc) is 2.63. The molecule has 0 aromatic carbocycles. The van der Waals surface area contributed by atoms with Gasteiger partial charge >= 0.3 is 0 Å². The van der Waals surface area contributed by atoms with E-state index in [-0.39, 0.29) is 0 Å². The average molecular weight is 216 g/mol. The maximum absolute atomic E-state index is 5.37. The first-order valence-corrected chi connectivity index (χ1v) is 5.38. The monoisotopic (exact) mass is 216 g/mol. The first-order valence-electron chi connectivity index (χ1n) is 5.38. The lowest BCUT2D eigenvalue weighted by atomic mass is 10.2. The van der Waals surface area contributed by atoms with E-state index in [4.69, 9.17) is 4.42 Å². The van der Waals surface area contributed by atoms with Crippen LogP contribution in [-0.4, -0.2) is 4.98 Å². The fourth-order valence-electron chi connectivity index (χ4n) is 1.63. The van der Waals surface area contributed by atoms with Gasteiger partial charge < -0.3 is 9.73 Å². The molecule has 2 aromatic rings. The summed E-state index contributed by atoms with van der Waals surface area (Å²) >= 11 is 0. The second-order valence-electron chi connectivity index (χ2n) is 3.97. The van der Waals surface area contributed by atoms with Crippen molar-refractivity contribution in [3.8, 4) is 0 Å². The maximum Gasteiger partial charge on any atom is 0.125 e. The zero-order valence-electron chi connectivity index (χ0n) is 9.87. The van der Waals surface area contributed by atoms with Crippen molar-refractivity contribution in [1.82, 2.24) is 4.98 Å². The molecule has 0 aliphatic heterocycles. The summed E-state index contributed by atoms with van der Waals surface area (Å²) in [6.45, 7) is 6.74. The summed E-state index contributed by atoms with van der Waals surface area (Å²) in [5, 5.41) is 3.33. The van der Waals surface area contributed by atoms with E-state index >= 15 is 0 Å². The molecule has 84 valence electrons. The van der Waals surface area contributed by atoms with Gasteiger partial charge in [0.25, 0.3) is 0 Å². The van der Waals surface area contributed by atoms with Crippen molar-refractivity contribution in [3.05, 3.63) is 47.2 Å². The predicted molar refractivity (Wildman–Crippen MR) is 64.5 cm³/mol. The summed E-state index contributed by atoms with van der Waals surface area (Å²) in [5.74, 6) is 0.972. The van der Waals surface area contributed by atoms with Crippen molar-refractivity contribution in [1.29, 1.82) is 0 Å². The van der Waals surface area contributed by atoms with Crippen molar-refractivity contribution < 1.29 is 4.42 Å². The number of nitrogens with zero attached hydrogens (tertiary/aromatic N) is 1. The van der Waals surface area contributed by atoms with E-state index in [1.54, 1.807) is 6.26 Å². The number of anilines is 1. The van der Waals surface area contributed by atoms with Gasteiger partial charge in [-0.2, -0.15) is 0 Å². The van der Waals surface area contributed by atoms with Crippen molar-refractivity contribution in [3.63, 3.8) is 0 Å². The van der Waals surface area contributed by atoms with Crippen LogP contribution in [0.1, 0.15) is 22.7 Å². The minimum absolute atomic E-state index is 0.699. The van der Waals surface area contributed by atoms with E-state index < -0.39 is 0 Å². The molecule has 0 amide bonds. The number of hydrogen-bond donors (Lipinski definition) is 1. The topological polar surface area (TPSA) is 38.1 Å². The Morgan fingerprint density at radius 2 is 2.00 bits per heavy atom. The van der Waals surface area contributed by atoms with Crippen LogP contribution < -0.4 is 5.32 Å². The number of aryl methyl sites for hydroxylation is 3. The number of pyridine rings is 1. The van der Waals surface area contributed by atoms with E-state index in [0.717, 1.165) is 22.8 Å². The van der Waals surface area contributed by atoms with Gasteiger partial charge in [0.2, 0.25) is 0 Å². The van der Waals surface area contributed by atoms with Gasteiger partial charge in [0.1, 0.15) is 5.76 Å². The third-order valence-corrected chi connectivity index (χ3v) is 2.63. The lowest BCUT2D eigenvalue weighted by molar-refractivity contribution is 0.515. The van der Waals surface area contributed by atoms with Gasteiger partial charge in [0.15, 0.2) is 0 Å². The van der Waals surface area contributed by atoms with Crippen LogP contribution in [0.2, 0.25) is 0 Å². The zero-order valence-corrected chi connectivity index (χ0v) is 9.87. The Bertz CT molecular complexity index is 488. The van der Waals surface area contributed by atoms with Crippen LogP contribution in [-0.2, 0) is 6.54 Å². The molecule has 2 aromatic heterocycles. The van der Waals surface area contributed by atoms with E-state index in [1.165, 1.54) is 5.56 Å².